The van der Waals surface area contributed by atoms with Crippen LogP contribution in [0.15, 0.2) is 0 Å². The Morgan fingerprint density at radius 1 is 1.11 bits per heavy atom. The molecule has 1 saturated heterocycles. The highest BCUT2D eigenvalue weighted by molar-refractivity contribution is 4.96. The van der Waals surface area contributed by atoms with E-state index in [1.807, 2.05) is 0 Å². The zero-order chi connectivity index (χ0) is 14.3. The van der Waals surface area contributed by atoms with E-state index in [-0.39, 0.29) is 0 Å². The van der Waals surface area contributed by atoms with Gasteiger partial charge in [-0.15, -0.1) is 0 Å². The minimum atomic E-state index is 0.478. The van der Waals surface area contributed by atoms with Gasteiger partial charge in [0.15, 0.2) is 0 Å². The molecule has 2 atom stereocenters. The lowest BCUT2D eigenvalue weighted by molar-refractivity contribution is -0.0204. The average molecular weight is 266 g/mol. The second-order valence-electron chi connectivity index (χ2n) is 8.73. The molecule has 2 aliphatic rings. The number of hydrogen-bond acceptors (Lipinski definition) is 2. The summed E-state index contributed by atoms with van der Waals surface area (Å²) in [4.78, 5) is 2.77. The van der Waals surface area contributed by atoms with Crippen LogP contribution in [0.5, 0.6) is 0 Å². The zero-order valence-electron chi connectivity index (χ0n) is 13.7. The van der Waals surface area contributed by atoms with E-state index in [2.05, 4.69) is 39.5 Å². The maximum atomic E-state index is 6.08. The summed E-state index contributed by atoms with van der Waals surface area (Å²) in [7, 11) is 0. The quantitative estimate of drug-likeness (QED) is 0.826. The van der Waals surface area contributed by atoms with Crippen molar-refractivity contribution in [3.63, 3.8) is 0 Å². The summed E-state index contributed by atoms with van der Waals surface area (Å²) >= 11 is 0. The molecular formula is C17H34N2. The normalized spacial score (nSPS) is 36.3. The number of piperidine rings is 1. The lowest BCUT2D eigenvalue weighted by Crippen LogP contribution is -2.56. The third kappa shape index (κ3) is 3.52. The number of likely N-dealkylation sites (tertiary alicyclic amines) is 1. The van der Waals surface area contributed by atoms with Crippen molar-refractivity contribution in [3.05, 3.63) is 0 Å². The Labute approximate surface area is 120 Å². The van der Waals surface area contributed by atoms with Crippen LogP contribution in [-0.4, -0.2) is 30.1 Å². The van der Waals surface area contributed by atoms with Gasteiger partial charge in [-0.1, -0.05) is 34.6 Å². The molecule has 19 heavy (non-hydrogen) atoms. The second-order valence-corrected chi connectivity index (χ2v) is 8.73. The molecule has 2 nitrogen and oxygen atoms in total. The first-order chi connectivity index (χ1) is 8.74. The molecule has 1 aliphatic heterocycles. The Balaban J connectivity index is 2.15. The number of nitrogens with zero attached hydrogens (tertiary/aromatic N) is 1. The summed E-state index contributed by atoms with van der Waals surface area (Å²) < 4.78 is 0. The summed E-state index contributed by atoms with van der Waals surface area (Å²) in [6.45, 7) is 14.3. The lowest BCUT2D eigenvalue weighted by atomic mass is 9.63. The van der Waals surface area contributed by atoms with Gasteiger partial charge in [0, 0.05) is 18.6 Å². The lowest BCUT2D eigenvalue weighted by Gasteiger charge is -2.52. The van der Waals surface area contributed by atoms with Crippen LogP contribution in [0.1, 0.15) is 66.7 Å². The van der Waals surface area contributed by atoms with Gasteiger partial charge in [-0.2, -0.15) is 0 Å². The van der Waals surface area contributed by atoms with Gasteiger partial charge in [-0.05, 0) is 55.4 Å². The third-order valence-electron chi connectivity index (χ3n) is 5.40. The van der Waals surface area contributed by atoms with Crippen molar-refractivity contribution in [3.8, 4) is 0 Å². The summed E-state index contributed by atoms with van der Waals surface area (Å²) in [5.74, 6) is 0.770. The molecule has 1 aliphatic carbocycles. The molecule has 2 rings (SSSR count). The molecule has 0 radical (unpaired) electrons. The van der Waals surface area contributed by atoms with Gasteiger partial charge in [0.25, 0.3) is 0 Å². The van der Waals surface area contributed by atoms with Crippen LogP contribution < -0.4 is 5.73 Å². The summed E-state index contributed by atoms with van der Waals surface area (Å²) in [5, 5.41) is 0. The van der Waals surface area contributed by atoms with E-state index in [1.165, 1.54) is 38.6 Å². The minimum Gasteiger partial charge on any atom is -0.329 e. The molecule has 0 bridgehead atoms. The fraction of sp³-hybridized carbons (Fsp3) is 1.00. The zero-order valence-corrected chi connectivity index (χ0v) is 13.7. The van der Waals surface area contributed by atoms with Gasteiger partial charge in [0.2, 0.25) is 0 Å². The summed E-state index contributed by atoms with van der Waals surface area (Å²) in [6.07, 6.45) is 6.76. The molecule has 0 aromatic carbocycles. The van der Waals surface area contributed by atoms with Crippen LogP contribution in [-0.2, 0) is 0 Å². The molecule has 2 fully saturated rings. The van der Waals surface area contributed by atoms with Crippen LogP contribution in [0.25, 0.3) is 0 Å². The predicted molar refractivity (Wildman–Crippen MR) is 83.1 cm³/mol. The molecule has 0 amide bonds. The summed E-state index contributed by atoms with van der Waals surface area (Å²) in [6, 6.07) is 1.36. The van der Waals surface area contributed by atoms with Crippen molar-refractivity contribution < 1.29 is 0 Å². The van der Waals surface area contributed by atoms with Crippen molar-refractivity contribution in [1.82, 2.24) is 4.90 Å². The molecule has 2 N–H and O–H groups in total. The van der Waals surface area contributed by atoms with Gasteiger partial charge in [-0.3, -0.25) is 4.90 Å². The Bertz CT molecular complexity index is 292. The first kappa shape index (κ1) is 15.3. The van der Waals surface area contributed by atoms with E-state index in [0.717, 1.165) is 18.5 Å². The van der Waals surface area contributed by atoms with Crippen LogP contribution in [0, 0.1) is 16.7 Å². The maximum absolute atomic E-state index is 6.08. The first-order valence-corrected chi connectivity index (χ1v) is 8.20. The van der Waals surface area contributed by atoms with E-state index in [4.69, 9.17) is 5.73 Å². The third-order valence-corrected chi connectivity index (χ3v) is 5.40. The van der Waals surface area contributed by atoms with Crippen LogP contribution >= 0.6 is 0 Å². The number of nitrogens with two attached hydrogens (primary N) is 1. The van der Waals surface area contributed by atoms with Crippen LogP contribution in [0.4, 0.5) is 0 Å². The van der Waals surface area contributed by atoms with Crippen molar-refractivity contribution in [1.29, 1.82) is 0 Å². The smallest absolute Gasteiger partial charge is 0.0246 e. The van der Waals surface area contributed by atoms with E-state index < -0.39 is 0 Å². The van der Waals surface area contributed by atoms with Crippen molar-refractivity contribution in [2.24, 2.45) is 22.5 Å². The molecule has 0 aromatic heterocycles. The molecular weight excluding hydrogens is 232 g/mol. The fourth-order valence-corrected chi connectivity index (χ4v) is 5.12. The Hall–Kier alpha value is -0.0800. The van der Waals surface area contributed by atoms with E-state index >= 15 is 0 Å². The van der Waals surface area contributed by atoms with Gasteiger partial charge >= 0.3 is 0 Å². The molecule has 0 aromatic rings. The number of hydrogen-bond donors (Lipinski definition) is 1. The van der Waals surface area contributed by atoms with Gasteiger partial charge < -0.3 is 5.73 Å². The second kappa shape index (κ2) is 5.37. The van der Waals surface area contributed by atoms with E-state index in [1.54, 1.807) is 0 Å². The predicted octanol–water partition coefficient (Wildman–Crippen LogP) is 3.65. The highest BCUT2D eigenvalue weighted by Gasteiger charge is 2.43. The monoisotopic (exact) mass is 266 g/mol. The summed E-state index contributed by atoms with van der Waals surface area (Å²) in [5.41, 5.74) is 7.04. The van der Waals surface area contributed by atoms with Gasteiger partial charge in [0.05, 0.1) is 0 Å². The van der Waals surface area contributed by atoms with Crippen molar-refractivity contribution >= 4 is 0 Å². The van der Waals surface area contributed by atoms with Crippen molar-refractivity contribution in [2.75, 3.05) is 13.1 Å². The maximum Gasteiger partial charge on any atom is 0.0246 e. The molecule has 2 heteroatoms. The van der Waals surface area contributed by atoms with Crippen LogP contribution in [0.2, 0.25) is 0 Å². The van der Waals surface area contributed by atoms with Crippen LogP contribution in [0.3, 0.4) is 0 Å². The Morgan fingerprint density at radius 2 is 1.68 bits per heavy atom. The largest absolute Gasteiger partial charge is 0.329 e. The molecule has 0 spiro atoms. The highest BCUT2D eigenvalue weighted by atomic mass is 15.2. The van der Waals surface area contributed by atoms with Gasteiger partial charge in [-0.25, -0.2) is 0 Å². The highest BCUT2D eigenvalue weighted by Crippen LogP contribution is 2.48. The first-order valence-electron chi connectivity index (χ1n) is 8.20. The van der Waals surface area contributed by atoms with Crippen molar-refractivity contribution in [2.45, 2.75) is 78.8 Å². The Kier molecular flexibility index (Phi) is 4.32. The van der Waals surface area contributed by atoms with E-state index in [0.29, 0.717) is 16.9 Å². The Morgan fingerprint density at radius 3 is 2.21 bits per heavy atom. The molecule has 1 heterocycles. The molecule has 112 valence electrons. The fourth-order valence-electron chi connectivity index (χ4n) is 5.12. The molecule has 1 saturated carbocycles. The molecule has 2 unspecified atom stereocenters. The van der Waals surface area contributed by atoms with E-state index in [9.17, 15) is 0 Å². The van der Waals surface area contributed by atoms with Gasteiger partial charge in [0.1, 0.15) is 0 Å². The topological polar surface area (TPSA) is 29.3 Å². The SMILES string of the molecule is CC1CCCN(C2CC(C)(C)CC(C)(C)C2)C1CN. The minimum absolute atomic E-state index is 0.478. The average Bonchev–Trinajstić information content (AvgIpc) is 2.24. The number of rotatable bonds is 2. The standard InChI is InChI=1S/C17H34N2/c1-13-7-6-8-19(15(13)11-18)14-9-16(2,3)12-17(4,5)10-14/h13-15H,6-12,18H2,1-5H3.